The summed E-state index contributed by atoms with van der Waals surface area (Å²) in [6, 6.07) is 8.62. The number of halogens is 3. The second kappa shape index (κ2) is 5.02. The van der Waals surface area contributed by atoms with Crippen molar-refractivity contribution in [3.8, 4) is 0 Å². The van der Waals surface area contributed by atoms with Crippen molar-refractivity contribution in [3.63, 3.8) is 0 Å². The summed E-state index contributed by atoms with van der Waals surface area (Å²) in [6.07, 6.45) is 3.73. The molecule has 0 aromatic heterocycles. The van der Waals surface area contributed by atoms with Gasteiger partial charge in [-0.15, -0.1) is 11.6 Å². The summed E-state index contributed by atoms with van der Waals surface area (Å²) in [4.78, 5) is 1.99. The smallest absolute Gasteiger partial charge is 0.285 e. The van der Waals surface area contributed by atoms with E-state index in [4.69, 9.17) is 11.6 Å². The molecule has 2 unspecified atom stereocenters. The van der Waals surface area contributed by atoms with Gasteiger partial charge in [0.2, 0.25) is 0 Å². The fourth-order valence-corrected chi connectivity index (χ4v) is 3.88. The van der Waals surface area contributed by atoms with Crippen molar-refractivity contribution in [2.24, 2.45) is 0 Å². The molecular formula is C15H18ClF2N. The molecule has 2 aliphatic heterocycles. The SMILES string of the molecule is FC(F)(CN1C2CCC1CC(Cl)C2)c1ccccc1. The van der Waals surface area contributed by atoms with Crippen LogP contribution in [0.2, 0.25) is 0 Å². The summed E-state index contributed by atoms with van der Waals surface area (Å²) in [6.45, 7) is -0.171. The maximum Gasteiger partial charge on any atom is 0.285 e. The minimum Gasteiger partial charge on any atom is -0.291 e. The maximum absolute atomic E-state index is 14.3. The molecule has 19 heavy (non-hydrogen) atoms. The highest BCUT2D eigenvalue weighted by Crippen LogP contribution is 2.41. The lowest BCUT2D eigenvalue weighted by molar-refractivity contribution is -0.0566. The Morgan fingerprint density at radius 1 is 1.11 bits per heavy atom. The molecule has 1 aromatic carbocycles. The number of hydrogen-bond acceptors (Lipinski definition) is 1. The quantitative estimate of drug-likeness (QED) is 0.759. The number of hydrogen-bond donors (Lipinski definition) is 0. The van der Waals surface area contributed by atoms with E-state index in [1.807, 2.05) is 4.90 Å². The van der Waals surface area contributed by atoms with E-state index in [0.717, 1.165) is 25.7 Å². The molecule has 0 N–H and O–H groups in total. The molecule has 0 aliphatic carbocycles. The summed E-state index contributed by atoms with van der Waals surface area (Å²) in [7, 11) is 0. The molecule has 104 valence electrons. The van der Waals surface area contributed by atoms with Gasteiger partial charge in [-0.25, -0.2) is 0 Å². The Balaban J connectivity index is 1.75. The lowest BCUT2D eigenvalue weighted by atomic mass is 10.00. The molecule has 0 spiro atoms. The van der Waals surface area contributed by atoms with Crippen LogP contribution in [-0.2, 0) is 5.92 Å². The molecular weight excluding hydrogens is 268 g/mol. The molecule has 3 rings (SSSR count). The van der Waals surface area contributed by atoms with Crippen molar-refractivity contribution in [3.05, 3.63) is 35.9 Å². The van der Waals surface area contributed by atoms with E-state index in [1.165, 1.54) is 12.1 Å². The molecule has 2 fully saturated rings. The van der Waals surface area contributed by atoms with E-state index in [2.05, 4.69) is 0 Å². The first-order valence-electron chi connectivity index (χ1n) is 6.89. The third kappa shape index (κ3) is 2.63. The number of rotatable bonds is 3. The van der Waals surface area contributed by atoms with Gasteiger partial charge >= 0.3 is 0 Å². The van der Waals surface area contributed by atoms with Gasteiger partial charge in [-0.3, -0.25) is 4.90 Å². The second-order valence-electron chi connectivity index (χ2n) is 5.70. The van der Waals surface area contributed by atoms with Gasteiger partial charge in [0.25, 0.3) is 5.92 Å². The van der Waals surface area contributed by atoms with Crippen molar-refractivity contribution in [2.45, 2.75) is 49.1 Å². The van der Waals surface area contributed by atoms with Crippen LogP contribution >= 0.6 is 11.6 Å². The van der Waals surface area contributed by atoms with Gasteiger partial charge in [-0.05, 0) is 25.7 Å². The van der Waals surface area contributed by atoms with E-state index >= 15 is 0 Å². The van der Waals surface area contributed by atoms with Crippen LogP contribution in [0.1, 0.15) is 31.2 Å². The first kappa shape index (κ1) is 13.3. The Labute approximate surface area is 117 Å². The molecule has 2 aliphatic rings. The third-order valence-corrected chi connectivity index (χ3v) is 4.76. The predicted octanol–water partition coefficient (Wildman–Crippen LogP) is 4.01. The van der Waals surface area contributed by atoms with Crippen LogP contribution < -0.4 is 0 Å². The van der Waals surface area contributed by atoms with Crippen LogP contribution in [0.4, 0.5) is 8.78 Å². The molecule has 4 heteroatoms. The van der Waals surface area contributed by atoms with Crippen LogP contribution in [0, 0.1) is 0 Å². The normalized spacial score (nSPS) is 31.6. The summed E-state index contributed by atoms with van der Waals surface area (Å²) >= 11 is 6.19. The van der Waals surface area contributed by atoms with Gasteiger partial charge in [0.05, 0.1) is 6.54 Å². The molecule has 1 aromatic rings. The van der Waals surface area contributed by atoms with Crippen molar-refractivity contribution in [1.29, 1.82) is 0 Å². The van der Waals surface area contributed by atoms with Gasteiger partial charge in [0, 0.05) is 23.0 Å². The zero-order valence-electron chi connectivity index (χ0n) is 10.7. The molecule has 0 amide bonds. The number of piperidine rings is 1. The van der Waals surface area contributed by atoms with Gasteiger partial charge < -0.3 is 0 Å². The van der Waals surface area contributed by atoms with E-state index < -0.39 is 5.92 Å². The minimum atomic E-state index is -2.78. The highest BCUT2D eigenvalue weighted by atomic mass is 35.5. The molecule has 2 bridgehead atoms. The monoisotopic (exact) mass is 285 g/mol. The Bertz CT molecular complexity index is 423. The number of nitrogens with zero attached hydrogens (tertiary/aromatic N) is 1. The standard InChI is InChI=1S/C15H18ClF2N/c16-12-8-13-6-7-14(9-12)19(13)10-15(17,18)11-4-2-1-3-5-11/h1-5,12-14H,6-10H2. The Kier molecular flexibility index (Phi) is 3.52. The van der Waals surface area contributed by atoms with E-state index in [0.29, 0.717) is 0 Å². The largest absolute Gasteiger partial charge is 0.291 e. The summed E-state index contributed by atoms with van der Waals surface area (Å²) < 4.78 is 28.7. The topological polar surface area (TPSA) is 3.24 Å². The van der Waals surface area contributed by atoms with E-state index in [9.17, 15) is 8.78 Å². The van der Waals surface area contributed by atoms with E-state index in [-0.39, 0.29) is 29.6 Å². The van der Waals surface area contributed by atoms with E-state index in [1.54, 1.807) is 18.2 Å². The van der Waals surface area contributed by atoms with Crippen LogP contribution in [-0.4, -0.2) is 28.9 Å². The third-order valence-electron chi connectivity index (χ3n) is 4.40. The van der Waals surface area contributed by atoms with Gasteiger partial charge in [0.15, 0.2) is 0 Å². The zero-order valence-corrected chi connectivity index (χ0v) is 11.5. The lowest BCUT2D eigenvalue weighted by Gasteiger charge is -2.38. The fourth-order valence-electron chi connectivity index (χ4n) is 3.47. The molecule has 2 atom stereocenters. The van der Waals surface area contributed by atoms with Crippen molar-refractivity contribution in [1.82, 2.24) is 4.90 Å². The number of fused-ring (bicyclic) bond motifs is 2. The van der Waals surface area contributed by atoms with Crippen LogP contribution in [0.5, 0.6) is 0 Å². The Hall–Kier alpha value is -0.670. The minimum absolute atomic E-state index is 0.113. The molecule has 2 saturated heterocycles. The molecule has 0 radical (unpaired) electrons. The Morgan fingerprint density at radius 2 is 1.68 bits per heavy atom. The molecule has 1 nitrogen and oxygen atoms in total. The zero-order chi connectivity index (χ0) is 13.5. The summed E-state index contributed by atoms with van der Waals surface area (Å²) in [5, 5.41) is 0.166. The summed E-state index contributed by atoms with van der Waals surface area (Å²) in [5.74, 6) is -2.78. The fraction of sp³-hybridized carbons (Fsp3) is 0.600. The van der Waals surface area contributed by atoms with Crippen molar-refractivity contribution < 1.29 is 8.78 Å². The first-order valence-corrected chi connectivity index (χ1v) is 7.33. The highest BCUT2D eigenvalue weighted by Gasteiger charge is 2.45. The Morgan fingerprint density at radius 3 is 2.26 bits per heavy atom. The van der Waals surface area contributed by atoms with Crippen LogP contribution in [0.25, 0.3) is 0 Å². The van der Waals surface area contributed by atoms with Crippen molar-refractivity contribution >= 4 is 11.6 Å². The molecule has 2 heterocycles. The lowest BCUT2D eigenvalue weighted by Crippen LogP contribution is -2.47. The summed E-state index contributed by atoms with van der Waals surface area (Å²) in [5.41, 5.74) is 0.113. The second-order valence-corrected chi connectivity index (χ2v) is 6.31. The average molecular weight is 286 g/mol. The van der Waals surface area contributed by atoms with Crippen molar-refractivity contribution in [2.75, 3.05) is 6.54 Å². The van der Waals surface area contributed by atoms with Gasteiger partial charge in [-0.2, -0.15) is 8.78 Å². The predicted molar refractivity (Wildman–Crippen MR) is 72.7 cm³/mol. The number of alkyl halides is 3. The van der Waals surface area contributed by atoms with Gasteiger partial charge in [-0.1, -0.05) is 30.3 Å². The molecule has 0 saturated carbocycles. The van der Waals surface area contributed by atoms with Gasteiger partial charge in [0.1, 0.15) is 0 Å². The highest BCUT2D eigenvalue weighted by molar-refractivity contribution is 6.20. The average Bonchev–Trinajstić information content (AvgIpc) is 2.62. The first-order chi connectivity index (χ1) is 9.06. The number of benzene rings is 1. The maximum atomic E-state index is 14.3. The van der Waals surface area contributed by atoms with Crippen LogP contribution in [0.3, 0.4) is 0 Å². The van der Waals surface area contributed by atoms with Crippen LogP contribution in [0.15, 0.2) is 30.3 Å².